The standard InChI is InChI=1S/C15H20N4O5/c1-24-14-3-2-12(19(22)23)10-13(14)16-15(21)4-5-17-6-8-18(11-20)9-7-17/h2-3,10-11H,4-9H2,1H3,(H,16,21). The lowest BCUT2D eigenvalue weighted by atomic mass is 10.2. The predicted octanol–water partition coefficient (Wildman–Crippen LogP) is 0.706. The highest BCUT2D eigenvalue weighted by Gasteiger charge is 2.17. The Labute approximate surface area is 139 Å². The van der Waals surface area contributed by atoms with Crippen molar-refractivity contribution in [2.45, 2.75) is 6.42 Å². The van der Waals surface area contributed by atoms with Crippen LogP contribution in [0.25, 0.3) is 0 Å². The van der Waals surface area contributed by atoms with Gasteiger partial charge in [-0.15, -0.1) is 0 Å². The molecule has 130 valence electrons. The average Bonchev–Trinajstić information content (AvgIpc) is 2.60. The number of carbonyl (C=O) groups excluding carboxylic acids is 2. The van der Waals surface area contributed by atoms with Gasteiger partial charge in [-0.1, -0.05) is 0 Å². The van der Waals surface area contributed by atoms with Crippen LogP contribution in [0.4, 0.5) is 11.4 Å². The Balaban J connectivity index is 1.89. The zero-order chi connectivity index (χ0) is 17.5. The van der Waals surface area contributed by atoms with Crippen molar-refractivity contribution in [3.8, 4) is 5.75 Å². The molecule has 1 heterocycles. The Morgan fingerprint density at radius 3 is 2.67 bits per heavy atom. The number of rotatable bonds is 7. The van der Waals surface area contributed by atoms with E-state index in [1.165, 1.54) is 25.3 Å². The van der Waals surface area contributed by atoms with E-state index in [1.54, 1.807) is 4.90 Å². The predicted molar refractivity (Wildman–Crippen MR) is 87.0 cm³/mol. The Bertz CT molecular complexity index is 614. The number of non-ortho nitro benzene ring substituents is 1. The van der Waals surface area contributed by atoms with Crippen LogP contribution in [0, 0.1) is 10.1 Å². The highest BCUT2D eigenvalue weighted by Crippen LogP contribution is 2.28. The molecule has 24 heavy (non-hydrogen) atoms. The Kier molecular flexibility index (Phi) is 6.07. The lowest BCUT2D eigenvalue weighted by Gasteiger charge is -2.32. The number of nitrogens with one attached hydrogen (secondary N) is 1. The fourth-order valence-corrected chi connectivity index (χ4v) is 2.47. The average molecular weight is 336 g/mol. The molecule has 0 spiro atoms. The largest absolute Gasteiger partial charge is 0.495 e. The van der Waals surface area contributed by atoms with E-state index in [-0.39, 0.29) is 23.7 Å². The van der Waals surface area contributed by atoms with Crippen molar-refractivity contribution in [1.82, 2.24) is 9.80 Å². The van der Waals surface area contributed by atoms with Gasteiger partial charge in [0, 0.05) is 51.3 Å². The van der Waals surface area contributed by atoms with E-state index in [2.05, 4.69) is 10.2 Å². The van der Waals surface area contributed by atoms with Gasteiger partial charge in [-0.05, 0) is 6.07 Å². The van der Waals surface area contributed by atoms with Crippen LogP contribution in [0.3, 0.4) is 0 Å². The summed E-state index contributed by atoms with van der Waals surface area (Å²) < 4.78 is 5.11. The number of nitrogens with zero attached hydrogens (tertiary/aromatic N) is 3. The normalized spacial score (nSPS) is 15.0. The third-order valence-corrected chi connectivity index (χ3v) is 3.88. The van der Waals surface area contributed by atoms with Crippen LogP contribution in [-0.2, 0) is 9.59 Å². The van der Waals surface area contributed by atoms with E-state index < -0.39 is 4.92 Å². The molecule has 0 atom stereocenters. The molecule has 0 aliphatic carbocycles. The smallest absolute Gasteiger partial charge is 0.271 e. The molecule has 2 rings (SSSR count). The van der Waals surface area contributed by atoms with Crippen LogP contribution in [0.1, 0.15) is 6.42 Å². The molecule has 0 bridgehead atoms. The second-order valence-electron chi connectivity index (χ2n) is 5.42. The molecule has 2 amide bonds. The van der Waals surface area contributed by atoms with Gasteiger partial charge in [-0.25, -0.2) is 0 Å². The number of nitro benzene ring substituents is 1. The number of benzene rings is 1. The zero-order valence-corrected chi connectivity index (χ0v) is 13.4. The van der Waals surface area contributed by atoms with Crippen molar-refractivity contribution < 1.29 is 19.2 Å². The quantitative estimate of drug-likeness (QED) is 0.446. The lowest BCUT2D eigenvalue weighted by Crippen LogP contribution is -2.46. The molecule has 1 saturated heterocycles. The third kappa shape index (κ3) is 4.66. The first-order valence-electron chi connectivity index (χ1n) is 7.57. The maximum atomic E-state index is 12.1. The summed E-state index contributed by atoms with van der Waals surface area (Å²) in [5, 5.41) is 13.5. The van der Waals surface area contributed by atoms with Gasteiger partial charge in [0.05, 0.1) is 17.7 Å². The Morgan fingerprint density at radius 1 is 1.38 bits per heavy atom. The fraction of sp³-hybridized carbons (Fsp3) is 0.467. The van der Waals surface area contributed by atoms with Crippen molar-refractivity contribution >= 4 is 23.7 Å². The van der Waals surface area contributed by atoms with Crippen LogP contribution in [-0.4, -0.2) is 66.9 Å². The SMILES string of the molecule is COc1ccc([N+](=O)[O-])cc1NC(=O)CCN1CCN(C=O)CC1. The minimum atomic E-state index is -0.526. The van der Waals surface area contributed by atoms with Crippen molar-refractivity contribution in [3.63, 3.8) is 0 Å². The van der Waals surface area contributed by atoms with Crippen molar-refractivity contribution in [1.29, 1.82) is 0 Å². The highest BCUT2D eigenvalue weighted by atomic mass is 16.6. The summed E-state index contributed by atoms with van der Waals surface area (Å²) in [5.74, 6) is 0.125. The van der Waals surface area contributed by atoms with Gasteiger partial charge in [0.2, 0.25) is 12.3 Å². The number of hydrogen-bond donors (Lipinski definition) is 1. The lowest BCUT2D eigenvalue weighted by molar-refractivity contribution is -0.384. The van der Waals surface area contributed by atoms with Crippen molar-refractivity contribution in [2.75, 3.05) is 45.2 Å². The van der Waals surface area contributed by atoms with Crippen LogP contribution >= 0.6 is 0 Å². The number of anilines is 1. The van der Waals surface area contributed by atoms with Crippen LogP contribution < -0.4 is 10.1 Å². The maximum absolute atomic E-state index is 12.1. The van der Waals surface area contributed by atoms with Crippen LogP contribution in [0.5, 0.6) is 5.75 Å². The summed E-state index contributed by atoms with van der Waals surface area (Å²) in [7, 11) is 1.43. The van der Waals surface area contributed by atoms with Gasteiger partial charge < -0.3 is 15.0 Å². The molecule has 0 radical (unpaired) electrons. The minimum absolute atomic E-state index is 0.115. The van der Waals surface area contributed by atoms with Gasteiger partial charge >= 0.3 is 0 Å². The van der Waals surface area contributed by atoms with Gasteiger partial charge in [-0.3, -0.25) is 24.6 Å². The zero-order valence-electron chi connectivity index (χ0n) is 13.4. The molecule has 0 aromatic heterocycles. The minimum Gasteiger partial charge on any atom is -0.495 e. The summed E-state index contributed by atoms with van der Waals surface area (Å²) in [6, 6.07) is 4.05. The summed E-state index contributed by atoms with van der Waals surface area (Å²) in [6.45, 7) is 3.34. The second kappa shape index (κ2) is 8.25. The number of methoxy groups -OCH3 is 1. The molecule has 0 saturated carbocycles. The number of carbonyl (C=O) groups is 2. The van der Waals surface area contributed by atoms with Gasteiger partial charge in [0.15, 0.2) is 0 Å². The van der Waals surface area contributed by atoms with E-state index in [1.807, 2.05) is 0 Å². The first kappa shape index (κ1) is 17.7. The number of piperazine rings is 1. The summed E-state index contributed by atoms with van der Waals surface area (Å²) in [6.07, 6.45) is 1.09. The molecule has 1 aliphatic heterocycles. The maximum Gasteiger partial charge on any atom is 0.271 e. The number of ether oxygens (including phenoxy) is 1. The van der Waals surface area contributed by atoms with E-state index >= 15 is 0 Å². The number of nitro groups is 1. The van der Waals surface area contributed by atoms with E-state index in [0.717, 1.165) is 19.5 Å². The molecule has 1 N–H and O–H groups in total. The third-order valence-electron chi connectivity index (χ3n) is 3.88. The van der Waals surface area contributed by atoms with E-state index in [0.29, 0.717) is 25.4 Å². The summed E-state index contributed by atoms with van der Waals surface area (Å²) in [5.41, 5.74) is 0.165. The molecule has 1 aromatic rings. The second-order valence-corrected chi connectivity index (χ2v) is 5.42. The molecular weight excluding hydrogens is 316 g/mol. The summed E-state index contributed by atoms with van der Waals surface area (Å²) >= 11 is 0. The first-order valence-corrected chi connectivity index (χ1v) is 7.57. The molecule has 1 aliphatic rings. The Hall–Kier alpha value is -2.68. The summed E-state index contributed by atoms with van der Waals surface area (Å²) in [4.78, 5) is 36.9. The van der Waals surface area contributed by atoms with Gasteiger partial charge in [0.25, 0.3) is 5.69 Å². The highest BCUT2D eigenvalue weighted by molar-refractivity contribution is 5.92. The molecule has 0 unspecified atom stereocenters. The molecule has 1 fully saturated rings. The van der Waals surface area contributed by atoms with Crippen molar-refractivity contribution in [3.05, 3.63) is 28.3 Å². The number of amides is 2. The van der Waals surface area contributed by atoms with Gasteiger partial charge in [-0.2, -0.15) is 0 Å². The van der Waals surface area contributed by atoms with Crippen LogP contribution in [0.2, 0.25) is 0 Å². The topological polar surface area (TPSA) is 105 Å². The first-order chi connectivity index (χ1) is 11.5. The van der Waals surface area contributed by atoms with Gasteiger partial charge in [0.1, 0.15) is 5.75 Å². The monoisotopic (exact) mass is 336 g/mol. The Morgan fingerprint density at radius 2 is 2.08 bits per heavy atom. The van der Waals surface area contributed by atoms with Crippen molar-refractivity contribution in [2.24, 2.45) is 0 Å². The molecule has 9 nitrogen and oxygen atoms in total. The molecular formula is C15H20N4O5. The molecule has 9 heteroatoms. The van der Waals surface area contributed by atoms with Crippen LogP contribution in [0.15, 0.2) is 18.2 Å². The fourth-order valence-electron chi connectivity index (χ4n) is 2.47. The van der Waals surface area contributed by atoms with E-state index in [4.69, 9.17) is 4.74 Å². The number of hydrogen-bond acceptors (Lipinski definition) is 6. The molecule has 1 aromatic carbocycles. The van der Waals surface area contributed by atoms with E-state index in [9.17, 15) is 19.7 Å².